The summed E-state index contributed by atoms with van der Waals surface area (Å²) in [5.41, 5.74) is -1.26. The molecular formula is C8H10F4O2. The predicted octanol–water partition coefficient (Wildman–Crippen LogP) is 2.24. The molecule has 0 amide bonds. The summed E-state index contributed by atoms with van der Waals surface area (Å²) in [6.45, 7) is 2.51. The molecule has 0 radical (unpaired) electrons. The highest BCUT2D eigenvalue weighted by molar-refractivity contribution is 5.75. The first kappa shape index (κ1) is 11.3. The topological polar surface area (TPSA) is 37.3 Å². The smallest absolute Gasteiger partial charge is 0.311 e. The summed E-state index contributed by atoms with van der Waals surface area (Å²) in [5.74, 6) is -8.81. The quantitative estimate of drug-likeness (QED) is 0.731. The molecule has 82 valence electrons. The number of alkyl halides is 4. The normalized spacial score (nSPS) is 30.5. The van der Waals surface area contributed by atoms with Gasteiger partial charge in [-0.1, -0.05) is 13.8 Å². The van der Waals surface area contributed by atoms with Crippen LogP contribution in [-0.4, -0.2) is 23.4 Å². The third kappa shape index (κ3) is 1.36. The van der Waals surface area contributed by atoms with Gasteiger partial charge in [0.1, 0.15) is 0 Å². The Bertz CT molecular complexity index is 262. The first-order chi connectivity index (χ1) is 6.13. The number of rotatable bonds is 3. The van der Waals surface area contributed by atoms with Crippen molar-refractivity contribution in [2.24, 2.45) is 17.3 Å². The molecule has 2 nitrogen and oxygen atoms in total. The van der Waals surface area contributed by atoms with Crippen LogP contribution in [0.3, 0.4) is 0 Å². The van der Waals surface area contributed by atoms with Gasteiger partial charge in [-0.05, 0) is 5.41 Å². The van der Waals surface area contributed by atoms with E-state index in [1.165, 1.54) is 13.8 Å². The van der Waals surface area contributed by atoms with E-state index in [0.29, 0.717) is 0 Å². The highest BCUT2D eigenvalue weighted by Gasteiger charge is 2.74. The van der Waals surface area contributed by atoms with E-state index in [9.17, 15) is 22.4 Å². The Labute approximate surface area is 77.9 Å². The van der Waals surface area contributed by atoms with Gasteiger partial charge in [0.25, 0.3) is 0 Å². The highest BCUT2D eigenvalue weighted by Crippen LogP contribution is 2.65. The Morgan fingerprint density at radius 1 is 1.43 bits per heavy atom. The zero-order valence-electron chi connectivity index (χ0n) is 7.60. The minimum Gasteiger partial charge on any atom is -0.481 e. The molecule has 0 heterocycles. The summed E-state index contributed by atoms with van der Waals surface area (Å²) in [7, 11) is 0. The summed E-state index contributed by atoms with van der Waals surface area (Å²) in [6, 6.07) is 0. The van der Waals surface area contributed by atoms with Crippen LogP contribution in [0.4, 0.5) is 17.6 Å². The van der Waals surface area contributed by atoms with Crippen molar-refractivity contribution in [1.82, 2.24) is 0 Å². The van der Waals surface area contributed by atoms with Crippen molar-refractivity contribution in [3.05, 3.63) is 0 Å². The van der Waals surface area contributed by atoms with Crippen molar-refractivity contribution in [2.45, 2.75) is 26.2 Å². The maximum absolute atomic E-state index is 12.8. The van der Waals surface area contributed by atoms with E-state index in [0.717, 1.165) is 0 Å². The Morgan fingerprint density at radius 3 is 2.07 bits per heavy atom. The molecule has 0 aromatic heterocycles. The lowest BCUT2D eigenvalue weighted by Gasteiger charge is -2.16. The van der Waals surface area contributed by atoms with Crippen molar-refractivity contribution >= 4 is 5.97 Å². The molecule has 0 spiro atoms. The van der Waals surface area contributed by atoms with Crippen LogP contribution in [0.15, 0.2) is 0 Å². The van der Waals surface area contributed by atoms with Gasteiger partial charge in [0.15, 0.2) is 0 Å². The summed E-state index contributed by atoms with van der Waals surface area (Å²) in [4.78, 5) is 10.5. The summed E-state index contributed by atoms with van der Waals surface area (Å²) in [6.07, 6.45) is -3.81. The van der Waals surface area contributed by atoms with Gasteiger partial charge < -0.3 is 5.11 Å². The molecule has 1 rings (SSSR count). The lowest BCUT2D eigenvalue weighted by Crippen LogP contribution is -2.31. The van der Waals surface area contributed by atoms with Crippen LogP contribution in [0.1, 0.15) is 13.8 Å². The first-order valence-corrected chi connectivity index (χ1v) is 4.02. The average molecular weight is 214 g/mol. The zero-order valence-corrected chi connectivity index (χ0v) is 7.60. The number of carbonyl (C=O) groups is 1. The lowest BCUT2D eigenvalue weighted by molar-refractivity contribution is -0.157. The average Bonchev–Trinajstić information content (AvgIpc) is 2.53. The second kappa shape index (κ2) is 2.84. The van der Waals surface area contributed by atoms with Crippen LogP contribution >= 0.6 is 0 Å². The van der Waals surface area contributed by atoms with Gasteiger partial charge in [0.05, 0.1) is 5.92 Å². The number of carboxylic acid groups (broad SMARTS) is 1. The Balaban J connectivity index is 2.88. The van der Waals surface area contributed by atoms with Crippen LogP contribution in [0.5, 0.6) is 0 Å². The maximum atomic E-state index is 12.8. The lowest BCUT2D eigenvalue weighted by atomic mass is 10.1. The van der Waals surface area contributed by atoms with E-state index in [1.54, 1.807) is 0 Å². The summed E-state index contributed by atoms with van der Waals surface area (Å²) < 4.78 is 49.5. The van der Waals surface area contributed by atoms with Gasteiger partial charge in [-0.3, -0.25) is 4.79 Å². The van der Waals surface area contributed by atoms with Crippen LogP contribution in [-0.2, 0) is 4.79 Å². The Hall–Kier alpha value is -0.810. The Morgan fingerprint density at radius 2 is 1.86 bits per heavy atom. The molecule has 1 fully saturated rings. The van der Waals surface area contributed by atoms with Crippen LogP contribution in [0.25, 0.3) is 0 Å². The van der Waals surface area contributed by atoms with Crippen molar-refractivity contribution in [3.63, 3.8) is 0 Å². The van der Waals surface area contributed by atoms with Gasteiger partial charge in [-0.15, -0.1) is 0 Å². The number of hydrogen-bond donors (Lipinski definition) is 1. The molecule has 1 aliphatic rings. The van der Waals surface area contributed by atoms with E-state index in [1.807, 2.05) is 0 Å². The molecule has 2 atom stereocenters. The van der Waals surface area contributed by atoms with Gasteiger partial charge in [-0.25, -0.2) is 8.78 Å². The van der Waals surface area contributed by atoms with Gasteiger partial charge in [-0.2, -0.15) is 8.78 Å². The second-order valence-electron chi connectivity index (χ2n) is 4.09. The molecule has 0 bridgehead atoms. The third-order valence-corrected chi connectivity index (χ3v) is 2.80. The zero-order chi connectivity index (χ0) is 11.3. The summed E-state index contributed by atoms with van der Waals surface area (Å²) >= 11 is 0. The minimum atomic E-state index is -4.22. The SMILES string of the molecule is CC1(C)[C@H](C(=O)O)[C@H]1C(F)(F)C(F)F. The number of carboxylic acids is 1. The molecular weight excluding hydrogens is 204 g/mol. The number of hydrogen-bond acceptors (Lipinski definition) is 1. The fourth-order valence-electron chi connectivity index (χ4n) is 1.95. The minimum absolute atomic E-state index is 1.26. The molecule has 0 aromatic rings. The molecule has 6 heteroatoms. The third-order valence-electron chi connectivity index (χ3n) is 2.80. The second-order valence-corrected chi connectivity index (χ2v) is 4.09. The van der Waals surface area contributed by atoms with Crippen molar-refractivity contribution in [3.8, 4) is 0 Å². The van der Waals surface area contributed by atoms with Crippen molar-refractivity contribution in [2.75, 3.05) is 0 Å². The van der Waals surface area contributed by atoms with Crippen LogP contribution in [0.2, 0.25) is 0 Å². The summed E-state index contributed by atoms with van der Waals surface area (Å²) in [5, 5.41) is 8.53. The molecule has 0 unspecified atom stereocenters. The monoisotopic (exact) mass is 214 g/mol. The molecule has 0 aliphatic heterocycles. The number of aliphatic carboxylic acids is 1. The molecule has 0 aromatic carbocycles. The van der Waals surface area contributed by atoms with Gasteiger partial charge in [0.2, 0.25) is 0 Å². The fraction of sp³-hybridized carbons (Fsp3) is 0.875. The van der Waals surface area contributed by atoms with E-state index in [-0.39, 0.29) is 0 Å². The van der Waals surface area contributed by atoms with Crippen LogP contribution in [0, 0.1) is 17.3 Å². The highest BCUT2D eigenvalue weighted by atomic mass is 19.3. The largest absolute Gasteiger partial charge is 0.481 e. The van der Waals surface area contributed by atoms with Crippen LogP contribution < -0.4 is 0 Å². The van der Waals surface area contributed by atoms with E-state index in [4.69, 9.17) is 5.11 Å². The van der Waals surface area contributed by atoms with Gasteiger partial charge in [0, 0.05) is 5.92 Å². The van der Waals surface area contributed by atoms with E-state index >= 15 is 0 Å². The fourth-order valence-corrected chi connectivity index (χ4v) is 1.95. The maximum Gasteiger partial charge on any atom is 0.311 e. The van der Waals surface area contributed by atoms with E-state index < -0.39 is 35.6 Å². The first-order valence-electron chi connectivity index (χ1n) is 4.02. The van der Waals surface area contributed by atoms with Crippen molar-refractivity contribution in [1.29, 1.82) is 0 Å². The Kier molecular flexibility index (Phi) is 2.28. The molecule has 1 aliphatic carbocycles. The molecule has 0 saturated heterocycles. The van der Waals surface area contributed by atoms with Crippen molar-refractivity contribution < 1.29 is 27.5 Å². The molecule has 14 heavy (non-hydrogen) atoms. The van der Waals surface area contributed by atoms with E-state index in [2.05, 4.69) is 0 Å². The molecule has 1 N–H and O–H groups in total. The standard InChI is InChI=1S/C8H10F4O2/c1-7(2)3(5(13)14)4(7)8(11,12)6(9)10/h3-4,6H,1-2H3,(H,13,14)/t3-,4+/m0/s1. The van der Waals surface area contributed by atoms with Gasteiger partial charge >= 0.3 is 18.3 Å². The number of halogens is 4. The predicted molar refractivity (Wildman–Crippen MR) is 39.3 cm³/mol. The molecule has 1 saturated carbocycles.